The van der Waals surface area contributed by atoms with E-state index in [0.29, 0.717) is 40.1 Å². The first-order valence-electron chi connectivity index (χ1n) is 9.36. The van der Waals surface area contributed by atoms with Gasteiger partial charge < -0.3 is 23.2 Å². The molecule has 0 fully saturated rings. The van der Waals surface area contributed by atoms with Crippen molar-refractivity contribution in [2.75, 3.05) is 14.2 Å². The van der Waals surface area contributed by atoms with Gasteiger partial charge in [-0.3, -0.25) is 0 Å². The Balaban J connectivity index is 1.53. The molecule has 0 amide bonds. The summed E-state index contributed by atoms with van der Waals surface area (Å²) in [5, 5.41) is 4.89. The Hall–Kier alpha value is -3.81. The van der Waals surface area contributed by atoms with Crippen LogP contribution in [0.15, 0.2) is 56.2 Å². The molecule has 4 aromatic rings. The van der Waals surface area contributed by atoms with E-state index in [2.05, 4.69) is 10.1 Å². The van der Waals surface area contributed by atoms with Crippen molar-refractivity contribution in [2.45, 2.75) is 20.0 Å². The van der Waals surface area contributed by atoms with Crippen LogP contribution in [0, 0.1) is 0 Å². The van der Waals surface area contributed by atoms with E-state index in [0.717, 1.165) is 17.4 Å². The zero-order valence-corrected chi connectivity index (χ0v) is 16.8. The van der Waals surface area contributed by atoms with Gasteiger partial charge in [-0.2, -0.15) is 4.98 Å². The van der Waals surface area contributed by atoms with Crippen molar-refractivity contribution in [2.24, 2.45) is 0 Å². The Morgan fingerprint density at radius 2 is 1.83 bits per heavy atom. The predicted octanol–water partition coefficient (Wildman–Crippen LogP) is 4.00. The molecule has 0 saturated carbocycles. The topological polar surface area (TPSA) is 96.8 Å². The van der Waals surface area contributed by atoms with Crippen LogP contribution in [0.1, 0.15) is 18.4 Å². The second-order valence-corrected chi connectivity index (χ2v) is 6.47. The summed E-state index contributed by atoms with van der Waals surface area (Å²) in [7, 11) is 3.14. The summed E-state index contributed by atoms with van der Waals surface area (Å²) < 4.78 is 26.9. The van der Waals surface area contributed by atoms with Crippen LogP contribution in [0.2, 0.25) is 0 Å². The smallest absolute Gasteiger partial charge is 0.336 e. The Bertz CT molecular complexity index is 1240. The third-order valence-corrected chi connectivity index (χ3v) is 4.66. The molecule has 0 aliphatic rings. The number of benzene rings is 2. The van der Waals surface area contributed by atoms with Gasteiger partial charge in [0.15, 0.2) is 6.61 Å². The third-order valence-electron chi connectivity index (χ3n) is 4.66. The first kappa shape index (κ1) is 19.5. The molecule has 4 rings (SSSR count). The van der Waals surface area contributed by atoms with E-state index < -0.39 is 0 Å². The van der Waals surface area contributed by atoms with Crippen molar-refractivity contribution in [3.8, 4) is 28.6 Å². The molecule has 0 aliphatic carbocycles. The van der Waals surface area contributed by atoms with Gasteiger partial charge in [0, 0.05) is 23.6 Å². The molecule has 0 N–H and O–H groups in total. The fourth-order valence-corrected chi connectivity index (χ4v) is 3.14. The first-order chi connectivity index (χ1) is 14.6. The fraction of sp³-hybridized carbons (Fsp3) is 0.227. The Kier molecular flexibility index (Phi) is 5.38. The van der Waals surface area contributed by atoms with Gasteiger partial charge in [-0.1, -0.05) is 12.1 Å². The number of ether oxygens (including phenoxy) is 3. The van der Waals surface area contributed by atoms with Gasteiger partial charge in [0.05, 0.1) is 19.8 Å². The van der Waals surface area contributed by atoms with Crippen LogP contribution in [0.4, 0.5) is 0 Å². The highest BCUT2D eigenvalue weighted by Crippen LogP contribution is 2.31. The number of methoxy groups -OCH3 is 2. The summed E-state index contributed by atoms with van der Waals surface area (Å²) in [5.74, 6) is 2.44. The summed E-state index contributed by atoms with van der Waals surface area (Å²) in [4.78, 5) is 16.1. The van der Waals surface area contributed by atoms with Crippen LogP contribution in [-0.4, -0.2) is 24.4 Å². The van der Waals surface area contributed by atoms with Crippen LogP contribution in [0.3, 0.4) is 0 Å². The maximum atomic E-state index is 11.7. The van der Waals surface area contributed by atoms with Crippen molar-refractivity contribution in [3.05, 3.63) is 64.3 Å². The average molecular weight is 408 g/mol. The normalized spacial score (nSPS) is 10.9. The van der Waals surface area contributed by atoms with Crippen molar-refractivity contribution in [3.63, 3.8) is 0 Å². The van der Waals surface area contributed by atoms with Crippen molar-refractivity contribution in [1.29, 1.82) is 0 Å². The SMILES string of the molecule is CCc1cc(=O)oc2cc(OCc3nc(-c4ccc(OC)cc4OC)no3)ccc12. The summed E-state index contributed by atoms with van der Waals surface area (Å²) in [5.41, 5.74) is 1.70. The van der Waals surface area contributed by atoms with Crippen LogP contribution < -0.4 is 19.8 Å². The number of rotatable bonds is 7. The largest absolute Gasteiger partial charge is 0.497 e. The molecule has 0 atom stereocenters. The summed E-state index contributed by atoms with van der Waals surface area (Å²) >= 11 is 0. The van der Waals surface area contributed by atoms with Gasteiger partial charge in [0.25, 0.3) is 5.89 Å². The highest BCUT2D eigenvalue weighted by atomic mass is 16.5. The molecule has 0 spiro atoms. The van der Waals surface area contributed by atoms with Gasteiger partial charge in [0.2, 0.25) is 5.82 Å². The average Bonchev–Trinajstić information content (AvgIpc) is 3.25. The molecule has 0 unspecified atom stereocenters. The maximum Gasteiger partial charge on any atom is 0.336 e. The van der Waals surface area contributed by atoms with E-state index in [9.17, 15) is 4.79 Å². The van der Waals surface area contributed by atoms with Crippen LogP contribution in [-0.2, 0) is 13.0 Å². The Morgan fingerprint density at radius 3 is 2.60 bits per heavy atom. The van der Waals surface area contributed by atoms with Crippen molar-refractivity contribution in [1.82, 2.24) is 10.1 Å². The maximum absolute atomic E-state index is 11.7. The minimum absolute atomic E-state index is 0.0642. The minimum atomic E-state index is -0.383. The molecule has 0 saturated heterocycles. The highest BCUT2D eigenvalue weighted by molar-refractivity contribution is 5.81. The second-order valence-electron chi connectivity index (χ2n) is 6.47. The molecule has 8 heteroatoms. The van der Waals surface area contributed by atoms with Crippen LogP contribution in [0.25, 0.3) is 22.4 Å². The molecule has 30 heavy (non-hydrogen) atoms. The lowest BCUT2D eigenvalue weighted by molar-refractivity contribution is 0.243. The molecule has 2 aromatic heterocycles. The molecule has 2 heterocycles. The molecule has 2 aromatic carbocycles. The molecule has 0 radical (unpaired) electrons. The lowest BCUT2D eigenvalue weighted by atomic mass is 10.1. The molecule has 154 valence electrons. The lowest BCUT2D eigenvalue weighted by Gasteiger charge is -2.07. The quantitative estimate of drug-likeness (QED) is 0.423. The van der Waals surface area contributed by atoms with E-state index in [1.54, 1.807) is 38.5 Å². The molecule has 8 nitrogen and oxygen atoms in total. The molecular formula is C22H20N2O6. The van der Waals surface area contributed by atoms with Gasteiger partial charge in [-0.15, -0.1) is 0 Å². The molecule has 0 bridgehead atoms. The van der Waals surface area contributed by atoms with E-state index in [1.165, 1.54) is 6.07 Å². The van der Waals surface area contributed by atoms with E-state index in [-0.39, 0.29) is 12.2 Å². The number of fused-ring (bicyclic) bond motifs is 1. The second kappa shape index (κ2) is 8.28. The predicted molar refractivity (Wildman–Crippen MR) is 109 cm³/mol. The number of nitrogens with zero attached hydrogens (tertiary/aromatic N) is 2. The lowest BCUT2D eigenvalue weighted by Crippen LogP contribution is -2.01. The van der Waals surface area contributed by atoms with Crippen LogP contribution in [0.5, 0.6) is 17.2 Å². The van der Waals surface area contributed by atoms with Gasteiger partial charge in [-0.25, -0.2) is 4.79 Å². The Morgan fingerprint density at radius 1 is 1.00 bits per heavy atom. The summed E-state index contributed by atoms with van der Waals surface area (Å²) in [6.07, 6.45) is 0.738. The summed E-state index contributed by atoms with van der Waals surface area (Å²) in [6, 6.07) is 12.2. The minimum Gasteiger partial charge on any atom is -0.497 e. The zero-order chi connectivity index (χ0) is 21.1. The zero-order valence-electron chi connectivity index (χ0n) is 16.8. The molecular weight excluding hydrogens is 388 g/mol. The van der Waals surface area contributed by atoms with E-state index in [4.69, 9.17) is 23.2 Å². The number of hydrogen-bond donors (Lipinski definition) is 0. The monoisotopic (exact) mass is 408 g/mol. The first-order valence-corrected chi connectivity index (χ1v) is 9.36. The van der Waals surface area contributed by atoms with Crippen LogP contribution >= 0.6 is 0 Å². The third kappa shape index (κ3) is 3.84. The Labute approximate surface area is 172 Å². The van der Waals surface area contributed by atoms with Crippen molar-refractivity contribution < 1.29 is 23.2 Å². The number of aryl methyl sites for hydroxylation is 1. The van der Waals surface area contributed by atoms with Gasteiger partial charge in [-0.05, 0) is 36.2 Å². The number of hydrogen-bond acceptors (Lipinski definition) is 8. The fourth-order valence-electron chi connectivity index (χ4n) is 3.14. The van der Waals surface area contributed by atoms with E-state index in [1.807, 2.05) is 19.1 Å². The van der Waals surface area contributed by atoms with Crippen molar-refractivity contribution >= 4 is 11.0 Å². The summed E-state index contributed by atoms with van der Waals surface area (Å²) in [6.45, 7) is 2.05. The standard InChI is InChI=1S/C22H20N2O6/c1-4-13-9-21(25)29-19-11-15(6-7-16(13)19)28-12-20-23-22(24-30-20)17-8-5-14(26-2)10-18(17)27-3/h5-11H,4,12H2,1-3H3. The highest BCUT2D eigenvalue weighted by Gasteiger charge is 2.15. The van der Waals surface area contributed by atoms with Gasteiger partial charge >= 0.3 is 5.63 Å². The number of aromatic nitrogens is 2. The van der Waals surface area contributed by atoms with E-state index >= 15 is 0 Å². The van der Waals surface area contributed by atoms with Gasteiger partial charge in [0.1, 0.15) is 22.8 Å². The molecule has 0 aliphatic heterocycles.